The first-order chi connectivity index (χ1) is 13.4. The lowest BCUT2D eigenvalue weighted by Crippen LogP contribution is -2.35. The molecule has 28 heavy (non-hydrogen) atoms. The summed E-state index contributed by atoms with van der Waals surface area (Å²) in [5.74, 6) is -0.0888. The molecule has 3 aromatic rings. The van der Waals surface area contributed by atoms with Gasteiger partial charge < -0.3 is 10.2 Å². The molecule has 0 fully saturated rings. The molecule has 1 aromatic carbocycles. The summed E-state index contributed by atoms with van der Waals surface area (Å²) in [5, 5.41) is 4.82. The van der Waals surface area contributed by atoms with Crippen molar-refractivity contribution in [3.8, 4) is 0 Å². The number of carbonyl (C=O) groups excluding carboxylic acids is 1. The Morgan fingerprint density at radius 2 is 2.11 bits per heavy atom. The minimum Gasteiger partial charge on any atom is -0.353 e. The van der Waals surface area contributed by atoms with Gasteiger partial charge in [0.2, 0.25) is 5.91 Å². The molecule has 0 saturated heterocycles. The van der Waals surface area contributed by atoms with Gasteiger partial charge in [-0.15, -0.1) is 11.3 Å². The molecule has 3 rings (SSSR count). The fraction of sp³-hybridized carbons (Fsp3) is 0.350. The number of aryl methyl sites for hydroxylation is 2. The van der Waals surface area contributed by atoms with E-state index in [1.54, 1.807) is 23.7 Å². The third kappa shape index (κ3) is 4.68. The number of carbonyl (C=O) groups is 1. The molecule has 1 unspecified atom stereocenters. The van der Waals surface area contributed by atoms with Crippen molar-refractivity contribution in [1.82, 2.24) is 20.2 Å². The summed E-state index contributed by atoms with van der Waals surface area (Å²) in [4.78, 5) is 25.2. The van der Waals surface area contributed by atoms with Crippen molar-refractivity contribution in [1.29, 1.82) is 0 Å². The van der Waals surface area contributed by atoms with Crippen LogP contribution in [0.4, 0.5) is 4.39 Å². The molecular weight excluding hydrogens is 395 g/mol. The van der Waals surface area contributed by atoms with Crippen LogP contribution >= 0.6 is 23.1 Å². The number of halogens is 1. The van der Waals surface area contributed by atoms with E-state index in [0.717, 1.165) is 20.8 Å². The number of fused-ring (bicyclic) bond motifs is 1. The molecule has 2 heterocycles. The van der Waals surface area contributed by atoms with Crippen molar-refractivity contribution in [2.24, 2.45) is 0 Å². The quantitative estimate of drug-likeness (QED) is 0.465. The highest BCUT2D eigenvalue weighted by atomic mass is 32.2. The number of thioether (sulfide) groups is 1. The molecule has 2 aromatic heterocycles. The molecule has 148 valence electrons. The van der Waals surface area contributed by atoms with Crippen LogP contribution < -0.4 is 5.32 Å². The number of thiophene rings is 1. The predicted octanol–water partition coefficient (Wildman–Crippen LogP) is 3.96. The van der Waals surface area contributed by atoms with Gasteiger partial charge in [0.25, 0.3) is 0 Å². The predicted molar refractivity (Wildman–Crippen MR) is 113 cm³/mol. The average Bonchev–Trinajstić information content (AvgIpc) is 2.94. The van der Waals surface area contributed by atoms with Gasteiger partial charge in [0.05, 0.1) is 11.8 Å². The SMILES string of the molecule is Cc1sc2ncnc(SCC(=O)NCC(c3cccc(F)c3)N(C)C)c2c1C. The van der Waals surface area contributed by atoms with Crippen LogP contribution in [0.3, 0.4) is 0 Å². The molecule has 0 bridgehead atoms. The highest BCUT2D eigenvalue weighted by Gasteiger charge is 2.17. The Morgan fingerprint density at radius 3 is 2.82 bits per heavy atom. The highest BCUT2D eigenvalue weighted by molar-refractivity contribution is 8.00. The average molecular weight is 419 g/mol. The van der Waals surface area contributed by atoms with Gasteiger partial charge in [-0.1, -0.05) is 23.9 Å². The Morgan fingerprint density at radius 1 is 1.32 bits per heavy atom. The Labute approximate surface area is 172 Å². The van der Waals surface area contributed by atoms with Crippen LogP contribution in [0.25, 0.3) is 10.2 Å². The summed E-state index contributed by atoms with van der Waals surface area (Å²) >= 11 is 3.06. The number of aromatic nitrogens is 2. The van der Waals surface area contributed by atoms with Crippen LogP contribution in [-0.4, -0.2) is 47.2 Å². The van der Waals surface area contributed by atoms with E-state index in [0.29, 0.717) is 6.54 Å². The first-order valence-electron chi connectivity index (χ1n) is 8.89. The number of amides is 1. The molecule has 0 aliphatic heterocycles. The van der Waals surface area contributed by atoms with E-state index in [-0.39, 0.29) is 23.5 Å². The van der Waals surface area contributed by atoms with E-state index in [4.69, 9.17) is 0 Å². The smallest absolute Gasteiger partial charge is 0.230 e. The number of likely N-dealkylation sites (N-methyl/N-ethyl adjacent to an activating group) is 1. The minimum absolute atomic E-state index is 0.0791. The van der Waals surface area contributed by atoms with Gasteiger partial charge in [0.1, 0.15) is 22.0 Å². The first kappa shape index (κ1) is 20.7. The normalized spacial score (nSPS) is 12.5. The Hall–Kier alpha value is -2.03. The van der Waals surface area contributed by atoms with Gasteiger partial charge in [-0.05, 0) is 51.2 Å². The monoisotopic (exact) mass is 418 g/mol. The first-order valence-corrected chi connectivity index (χ1v) is 10.7. The van der Waals surface area contributed by atoms with Crippen LogP contribution in [0.15, 0.2) is 35.6 Å². The number of hydrogen-bond acceptors (Lipinski definition) is 6. The highest BCUT2D eigenvalue weighted by Crippen LogP contribution is 2.34. The summed E-state index contributed by atoms with van der Waals surface area (Å²) in [5.41, 5.74) is 2.00. The van der Waals surface area contributed by atoms with Crippen LogP contribution in [0, 0.1) is 19.7 Å². The van der Waals surface area contributed by atoms with Crippen molar-refractivity contribution in [2.45, 2.75) is 24.9 Å². The lowest BCUT2D eigenvalue weighted by Gasteiger charge is -2.25. The van der Waals surface area contributed by atoms with E-state index in [1.165, 1.54) is 34.3 Å². The number of nitrogens with one attached hydrogen (secondary N) is 1. The fourth-order valence-electron chi connectivity index (χ4n) is 2.97. The second kappa shape index (κ2) is 8.98. The second-order valence-electron chi connectivity index (χ2n) is 6.77. The van der Waals surface area contributed by atoms with Crippen molar-refractivity contribution in [2.75, 3.05) is 26.4 Å². The Bertz CT molecular complexity index is 989. The van der Waals surface area contributed by atoms with Gasteiger partial charge in [0.15, 0.2) is 0 Å². The number of benzene rings is 1. The molecule has 1 atom stereocenters. The van der Waals surface area contributed by atoms with Crippen molar-refractivity contribution < 1.29 is 9.18 Å². The molecular formula is C20H23FN4OS2. The molecule has 0 spiro atoms. The topological polar surface area (TPSA) is 58.1 Å². The summed E-state index contributed by atoms with van der Waals surface area (Å²) in [6, 6.07) is 6.38. The maximum absolute atomic E-state index is 13.5. The van der Waals surface area contributed by atoms with Gasteiger partial charge in [-0.25, -0.2) is 14.4 Å². The van der Waals surface area contributed by atoms with E-state index in [1.807, 2.05) is 25.1 Å². The molecule has 0 saturated carbocycles. The largest absolute Gasteiger partial charge is 0.353 e. The van der Waals surface area contributed by atoms with Crippen molar-refractivity contribution in [3.05, 3.63) is 52.4 Å². The zero-order valence-corrected chi connectivity index (χ0v) is 18.0. The lowest BCUT2D eigenvalue weighted by atomic mass is 10.1. The van der Waals surface area contributed by atoms with Crippen LogP contribution in [-0.2, 0) is 4.79 Å². The molecule has 1 N–H and O–H groups in total. The third-order valence-electron chi connectivity index (χ3n) is 4.62. The standard InChI is InChI=1S/C20H23FN4OS2/c1-12-13(2)28-20-18(12)19(23-11-24-20)27-10-17(26)22-9-16(25(3)4)14-6-5-7-15(21)8-14/h5-8,11,16H,9-10H2,1-4H3,(H,22,26). The molecule has 0 aliphatic carbocycles. The molecule has 0 radical (unpaired) electrons. The summed E-state index contributed by atoms with van der Waals surface area (Å²) < 4.78 is 13.5. The second-order valence-corrected chi connectivity index (χ2v) is 8.94. The summed E-state index contributed by atoms with van der Waals surface area (Å²) in [7, 11) is 3.82. The third-order valence-corrected chi connectivity index (χ3v) is 6.72. The van der Waals surface area contributed by atoms with Gasteiger partial charge in [-0.3, -0.25) is 4.79 Å². The summed E-state index contributed by atoms with van der Waals surface area (Å²) in [6.07, 6.45) is 1.55. The molecule has 5 nitrogen and oxygen atoms in total. The van der Waals surface area contributed by atoms with Crippen LogP contribution in [0.2, 0.25) is 0 Å². The number of rotatable bonds is 7. The van der Waals surface area contributed by atoms with E-state index in [2.05, 4.69) is 29.1 Å². The minimum atomic E-state index is -0.277. The maximum Gasteiger partial charge on any atom is 0.230 e. The zero-order chi connectivity index (χ0) is 20.3. The molecule has 8 heteroatoms. The van der Waals surface area contributed by atoms with Crippen LogP contribution in [0.5, 0.6) is 0 Å². The Balaban J connectivity index is 1.63. The molecule has 1 amide bonds. The zero-order valence-electron chi connectivity index (χ0n) is 16.3. The number of nitrogens with zero attached hydrogens (tertiary/aromatic N) is 3. The van der Waals surface area contributed by atoms with Crippen LogP contribution in [0.1, 0.15) is 22.0 Å². The van der Waals surface area contributed by atoms with E-state index in [9.17, 15) is 9.18 Å². The maximum atomic E-state index is 13.5. The lowest BCUT2D eigenvalue weighted by molar-refractivity contribution is -0.118. The van der Waals surface area contributed by atoms with E-state index < -0.39 is 0 Å². The fourth-order valence-corrected chi connectivity index (χ4v) is 4.91. The van der Waals surface area contributed by atoms with E-state index >= 15 is 0 Å². The molecule has 0 aliphatic rings. The summed E-state index contributed by atoms with van der Waals surface area (Å²) in [6.45, 7) is 4.53. The van der Waals surface area contributed by atoms with Crippen molar-refractivity contribution in [3.63, 3.8) is 0 Å². The Kier molecular flexibility index (Phi) is 6.64. The van der Waals surface area contributed by atoms with Gasteiger partial charge >= 0.3 is 0 Å². The van der Waals surface area contributed by atoms with Gasteiger partial charge in [-0.2, -0.15) is 0 Å². The number of hydrogen-bond donors (Lipinski definition) is 1. The van der Waals surface area contributed by atoms with Gasteiger partial charge in [0, 0.05) is 16.8 Å². The van der Waals surface area contributed by atoms with Crippen molar-refractivity contribution >= 4 is 39.2 Å².